The van der Waals surface area contributed by atoms with Crippen molar-refractivity contribution >= 4 is 33.3 Å². The van der Waals surface area contributed by atoms with Crippen LogP contribution in [0.4, 0.5) is 5.82 Å². The minimum Gasteiger partial charge on any atom is -0.479 e. The van der Waals surface area contributed by atoms with E-state index in [1.165, 1.54) is 6.33 Å². The van der Waals surface area contributed by atoms with Crippen LogP contribution in [-0.4, -0.2) is 21.0 Å². The van der Waals surface area contributed by atoms with Gasteiger partial charge in [0.05, 0.1) is 5.39 Å². The normalized spacial score (nSPS) is 12.0. The third kappa shape index (κ3) is 3.14. The molecule has 2 aromatic heterocycles. The number of fused-ring (bicyclic) bond motifs is 1. The van der Waals surface area contributed by atoms with Gasteiger partial charge in [0.25, 0.3) is 0 Å². The van der Waals surface area contributed by atoms with Crippen LogP contribution in [0.15, 0.2) is 73.1 Å². The molecule has 2 aromatic carbocycles. The van der Waals surface area contributed by atoms with E-state index in [9.17, 15) is 9.90 Å². The molecule has 1 atom stereocenters. The maximum absolute atomic E-state index is 11.8. The Hall–Kier alpha value is -3.25. The van der Waals surface area contributed by atoms with Crippen molar-refractivity contribution in [3.63, 3.8) is 0 Å². The second kappa shape index (κ2) is 6.93. The zero-order chi connectivity index (χ0) is 17.9. The Labute approximate surface area is 154 Å². The van der Waals surface area contributed by atoms with Crippen molar-refractivity contribution in [3.8, 4) is 10.4 Å². The first-order valence-electron chi connectivity index (χ1n) is 8.06. The fraction of sp³-hybridized carbons (Fsp3) is 0.0500. The van der Waals surface area contributed by atoms with Crippen molar-refractivity contribution in [2.45, 2.75) is 6.04 Å². The first-order valence-corrected chi connectivity index (χ1v) is 8.88. The minimum atomic E-state index is -0.957. The second-order valence-corrected chi connectivity index (χ2v) is 6.77. The summed E-state index contributed by atoms with van der Waals surface area (Å²) in [5.74, 6) is -0.439. The SMILES string of the molecule is O=C(O)C(Nc1ncnc2sc(-c3ccccc3)cc12)c1ccccc1. The Morgan fingerprint density at radius 3 is 2.38 bits per heavy atom. The molecule has 6 heteroatoms. The van der Waals surface area contributed by atoms with E-state index in [-0.39, 0.29) is 0 Å². The quantitative estimate of drug-likeness (QED) is 0.543. The fourth-order valence-electron chi connectivity index (χ4n) is 2.79. The maximum Gasteiger partial charge on any atom is 0.330 e. The first kappa shape index (κ1) is 16.2. The molecule has 0 aliphatic heterocycles. The minimum absolute atomic E-state index is 0.518. The van der Waals surface area contributed by atoms with E-state index in [1.54, 1.807) is 23.5 Å². The molecular formula is C20H15N3O2S. The fourth-order valence-corrected chi connectivity index (χ4v) is 3.79. The van der Waals surface area contributed by atoms with E-state index in [4.69, 9.17) is 0 Å². The van der Waals surface area contributed by atoms with Gasteiger partial charge in [-0.05, 0) is 17.2 Å². The van der Waals surface area contributed by atoms with E-state index in [0.29, 0.717) is 11.4 Å². The Morgan fingerprint density at radius 2 is 1.69 bits per heavy atom. The number of nitrogens with zero attached hydrogens (tertiary/aromatic N) is 2. The molecule has 0 saturated heterocycles. The number of hydrogen-bond acceptors (Lipinski definition) is 5. The average molecular weight is 361 g/mol. The van der Waals surface area contributed by atoms with Crippen LogP contribution in [-0.2, 0) is 4.79 Å². The zero-order valence-electron chi connectivity index (χ0n) is 13.7. The monoisotopic (exact) mass is 361 g/mol. The number of benzene rings is 2. The standard InChI is InChI=1S/C20H15N3O2S/c24-20(25)17(14-9-5-2-6-10-14)23-18-15-11-16(13-7-3-1-4-8-13)26-19(15)22-12-21-18/h1-12,17H,(H,24,25)(H,21,22,23). The summed E-state index contributed by atoms with van der Waals surface area (Å²) in [7, 11) is 0. The highest BCUT2D eigenvalue weighted by atomic mass is 32.1. The van der Waals surface area contributed by atoms with Crippen LogP contribution in [0, 0.1) is 0 Å². The van der Waals surface area contributed by atoms with Crippen molar-refractivity contribution in [3.05, 3.63) is 78.6 Å². The molecule has 0 radical (unpaired) electrons. The van der Waals surface area contributed by atoms with Gasteiger partial charge < -0.3 is 10.4 Å². The lowest BCUT2D eigenvalue weighted by Crippen LogP contribution is -2.21. The summed E-state index contributed by atoms with van der Waals surface area (Å²) >= 11 is 1.56. The van der Waals surface area contributed by atoms with Gasteiger partial charge >= 0.3 is 5.97 Å². The lowest BCUT2D eigenvalue weighted by molar-refractivity contribution is -0.138. The highest BCUT2D eigenvalue weighted by Crippen LogP contribution is 2.35. The third-order valence-electron chi connectivity index (χ3n) is 4.05. The molecule has 4 aromatic rings. The van der Waals surface area contributed by atoms with Crippen molar-refractivity contribution in [2.75, 3.05) is 5.32 Å². The molecule has 2 heterocycles. The summed E-state index contributed by atoms with van der Waals surface area (Å²) in [5, 5.41) is 13.5. The number of nitrogens with one attached hydrogen (secondary N) is 1. The molecule has 0 saturated carbocycles. The number of aromatic nitrogens is 2. The summed E-state index contributed by atoms with van der Waals surface area (Å²) in [6, 6.07) is 20.2. The summed E-state index contributed by atoms with van der Waals surface area (Å²) < 4.78 is 0. The van der Waals surface area contributed by atoms with Gasteiger partial charge in [-0.1, -0.05) is 60.7 Å². The summed E-state index contributed by atoms with van der Waals surface area (Å²) in [6.07, 6.45) is 1.46. The Morgan fingerprint density at radius 1 is 1.00 bits per heavy atom. The van der Waals surface area contributed by atoms with E-state index >= 15 is 0 Å². The van der Waals surface area contributed by atoms with Gasteiger partial charge in [0.15, 0.2) is 6.04 Å². The van der Waals surface area contributed by atoms with E-state index in [2.05, 4.69) is 15.3 Å². The molecule has 128 valence electrons. The molecular weight excluding hydrogens is 346 g/mol. The van der Waals surface area contributed by atoms with Crippen LogP contribution >= 0.6 is 11.3 Å². The lowest BCUT2D eigenvalue weighted by atomic mass is 10.1. The largest absolute Gasteiger partial charge is 0.479 e. The predicted octanol–water partition coefficient (Wildman–Crippen LogP) is 4.60. The molecule has 26 heavy (non-hydrogen) atoms. The van der Waals surface area contributed by atoms with Gasteiger partial charge in [0, 0.05) is 4.88 Å². The highest BCUT2D eigenvalue weighted by Gasteiger charge is 2.21. The lowest BCUT2D eigenvalue weighted by Gasteiger charge is -2.15. The van der Waals surface area contributed by atoms with Crippen LogP contribution < -0.4 is 5.32 Å². The van der Waals surface area contributed by atoms with E-state index < -0.39 is 12.0 Å². The molecule has 0 bridgehead atoms. The van der Waals surface area contributed by atoms with Crippen LogP contribution in [0.3, 0.4) is 0 Å². The van der Waals surface area contributed by atoms with Gasteiger partial charge in [0.1, 0.15) is 17.0 Å². The Kier molecular flexibility index (Phi) is 4.33. The van der Waals surface area contributed by atoms with Crippen LogP contribution in [0.1, 0.15) is 11.6 Å². The number of carboxylic acid groups (broad SMARTS) is 1. The number of aliphatic carboxylic acids is 1. The summed E-state index contributed by atoms with van der Waals surface area (Å²) in [6.45, 7) is 0. The predicted molar refractivity (Wildman–Crippen MR) is 103 cm³/mol. The van der Waals surface area contributed by atoms with Gasteiger partial charge in [-0.25, -0.2) is 14.8 Å². The second-order valence-electron chi connectivity index (χ2n) is 5.74. The molecule has 2 N–H and O–H groups in total. The van der Waals surface area contributed by atoms with Crippen molar-refractivity contribution < 1.29 is 9.90 Å². The van der Waals surface area contributed by atoms with Crippen molar-refractivity contribution in [1.82, 2.24) is 9.97 Å². The maximum atomic E-state index is 11.8. The van der Waals surface area contributed by atoms with Gasteiger partial charge in [0.2, 0.25) is 0 Å². The van der Waals surface area contributed by atoms with Gasteiger partial charge in [-0.15, -0.1) is 11.3 Å². The molecule has 0 fully saturated rings. The average Bonchev–Trinajstić information content (AvgIpc) is 3.12. The van der Waals surface area contributed by atoms with Gasteiger partial charge in [-0.2, -0.15) is 0 Å². The number of carbonyl (C=O) groups is 1. The molecule has 1 unspecified atom stereocenters. The number of carboxylic acids is 1. The smallest absolute Gasteiger partial charge is 0.330 e. The number of anilines is 1. The highest BCUT2D eigenvalue weighted by molar-refractivity contribution is 7.21. The number of hydrogen-bond donors (Lipinski definition) is 2. The number of rotatable bonds is 5. The van der Waals surface area contributed by atoms with Gasteiger partial charge in [-0.3, -0.25) is 0 Å². The summed E-state index contributed by atoms with van der Waals surface area (Å²) in [4.78, 5) is 22.3. The van der Waals surface area contributed by atoms with Crippen molar-refractivity contribution in [2.24, 2.45) is 0 Å². The topological polar surface area (TPSA) is 75.1 Å². The molecule has 0 spiro atoms. The van der Waals surface area contributed by atoms with Crippen molar-refractivity contribution in [1.29, 1.82) is 0 Å². The van der Waals surface area contributed by atoms with E-state index in [1.807, 2.05) is 54.6 Å². The Balaban J connectivity index is 1.74. The molecule has 0 aliphatic rings. The molecule has 5 nitrogen and oxygen atoms in total. The van der Waals surface area contributed by atoms with Crippen LogP contribution in [0.25, 0.3) is 20.7 Å². The zero-order valence-corrected chi connectivity index (χ0v) is 14.5. The molecule has 0 aliphatic carbocycles. The Bertz CT molecular complexity index is 1050. The molecule has 4 rings (SSSR count). The third-order valence-corrected chi connectivity index (χ3v) is 5.14. The van der Waals surface area contributed by atoms with E-state index in [0.717, 1.165) is 20.7 Å². The molecule has 0 amide bonds. The summed E-state index contributed by atoms with van der Waals surface area (Å²) in [5.41, 5.74) is 1.77. The van der Waals surface area contributed by atoms with Crippen LogP contribution in [0.2, 0.25) is 0 Å². The first-order chi connectivity index (χ1) is 12.7. The van der Waals surface area contributed by atoms with Crippen LogP contribution in [0.5, 0.6) is 0 Å². The number of thiophene rings is 1.